The SMILES string of the molecule is NCC1CC(=O)N(Cc2cccc3ccccc23)C1. The number of hydrogen-bond donors (Lipinski definition) is 1. The summed E-state index contributed by atoms with van der Waals surface area (Å²) in [7, 11) is 0. The molecule has 1 aliphatic rings. The molecule has 3 nitrogen and oxygen atoms in total. The lowest BCUT2D eigenvalue weighted by Gasteiger charge is -2.17. The Kier molecular flexibility index (Phi) is 3.22. The van der Waals surface area contributed by atoms with Crippen LogP contribution in [0.1, 0.15) is 12.0 Å². The summed E-state index contributed by atoms with van der Waals surface area (Å²) in [5, 5.41) is 2.45. The van der Waals surface area contributed by atoms with Gasteiger partial charge in [0, 0.05) is 19.5 Å². The van der Waals surface area contributed by atoms with Crippen molar-refractivity contribution in [2.75, 3.05) is 13.1 Å². The highest BCUT2D eigenvalue weighted by Gasteiger charge is 2.28. The zero-order valence-electron chi connectivity index (χ0n) is 10.9. The lowest BCUT2D eigenvalue weighted by Crippen LogP contribution is -2.25. The Balaban J connectivity index is 1.88. The Morgan fingerprint density at radius 2 is 1.95 bits per heavy atom. The molecule has 2 aromatic carbocycles. The molecule has 1 fully saturated rings. The molecule has 1 aliphatic heterocycles. The number of nitrogens with zero attached hydrogens (tertiary/aromatic N) is 1. The Labute approximate surface area is 113 Å². The molecule has 0 bridgehead atoms. The number of nitrogens with two attached hydrogens (primary N) is 1. The number of hydrogen-bond acceptors (Lipinski definition) is 2. The van der Waals surface area contributed by atoms with E-state index in [2.05, 4.69) is 30.3 Å². The van der Waals surface area contributed by atoms with Gasteiger partial charge in [-0.05, 0) is 28.8 Å². The fraction of sp³-hybridized carbons (Fsp3) is 0.312. The molecule has 3 rings (SSSR count). The van der Waals surface area contributed by atoms with Gasteiger partial charge < -0.3 is 10.6 Å². The lowest BCUT2D eigenvalue weighted by atomic mass is 10.0. The highest BCUT2D eigenvalue weighted by atomic mass is 16.2. The number of rotatable bonds is 3. The second kappa shape index (κ2) is 5.02. The van der Waals surface area contributed by atoms with Gasteiger partial charge in [-0.3, -0.25) is 4.79 Å². The average molecular weight is 254 g/mol. The molecule has 1 heterocycles. The smallest absolute Gasteiger partial charge is 0.223 e. The maximum absolute atomic E-state index is 12.0. The van der Waals surface area contributed by atoms with Crippen molar-refractivity contribution in [2.45, 2.75) is 13.0 Å². The molecule has 19 heavy (non-hydrogen) atoms. The Morgan fingerprint density at radius 3 is 2.74 bits per heavy atom. The van der Waals surface area contributed by atoms with Crippen molar-refractivity contribution in [3.63, 3.8) is 0 Å². The van der Waals surface area contributed by atoms with Crippen LogP contribution in [0.4, 0.5) is 0 Å². The molecule has 0 saturated carbocycles. The summed E-state index contributed by atoms with van der Waals surface area (Å²) in [4.78, 5) is 13.9. The number of likely N-dealkylation sites (tertiary alicyclic amines) is 1. The van der Waals surface area contributed by atoms with E-state index in [-0.39, 0.29) is 5.91 Å². The largest absolute Gasteiger partial charge is 0.338 e. The summed E-state index contributed by atoms with van der Waals surface area (Å²) in [5.41, 5.74) is 6.88. The standard InChI is InChI=1S/C16H18N2O/c17-9-12-8-16(19)18(10-12)11-14-6-3-5-13-4-1-2-7-15(13)14/h1-7,12H,8-11,17H2. The average Bonchev–Trinajstić information content (AvgIpc) is 2.80. The fourth-order valence-corrected chi connectivity index (χ4v) is 2.80. The zero-order chi connectivity index (χ0) is 13.2. The van der Waals surface area contributed by atoms with E-state index < -0.39 is 0 Å². The van der Waals surface area contributed by atoms with Gasteiger partial charge in [0.15, 0.2) is 0 Å². The van der Waals surface area contributed by atoms with Gasteiger partial charge in [0.25, 0.3) is 0 Å². The zero-order valence-corrected chi connectivity index (χ0v) is 10.9. The quantitative estimate of drug-likeness (QED) is 0.912. The van der Waals surface area contributed by atoms with Gasteiger partial charge in [-0.25, -0.2) is 0 Å². The third-order valence-electron chi connectivity index (χ3n) is 3.87. The molecule has 0 aromatic heterocycles. The molecule has 0 aliphatic carbocycles. The van der Waals surface area contributed by atoms with Crippen LogP contribution in [0.3, 0.4) is 0 Å². The van der Waals surface area contributed by atoms with Crippen molar-refractivity contribution >= 4 is 16.7 Å². The molecule has 2 aromatic rings. The van der Waals surface area contributed by atoms with Crippen molar-refractivity contribution in [1.82, 2.24) is 4.90 Å². The van der Waals surface area contributed by atoms with Gasteiger partial charge in [0.2, 0.25) is 5.91 Å². The summed E-state index contributed by atoms with van der Waals surface area (Å²) in [6.45, 7) is 2.08. The van der Waals surface area contributed by atoms with Crippen molar-refractivity contribution in [2.24, 2.45) is 11.7 Å². The van der Waals surface area contributed by atoms with Crippen LogP contribution < -0.4 is 5.73 Å². The number of amides is 1. The minimum absolute atomic E-state index is 0.225. The Bertz CT molecular complexity index is 603. The van der Waals surface area contributed by atoms with Crippen molar-refractivity contribution in [1.29, 1.82) is 0 Å². The summed E-state index contributed by atoms with van der Waals surface area (Å²) in [5.74, 6) is 0.547. The van der Waals surface area contributed by atoms with Gasteiger partial charge in [-0.2, -0.15) is 0 Å². The molecule has 1 atom stereocenters. The van der Waals surface area contributed by atoms with Gasteiger partial charge in [0.1, 0.15) is 0 Å². The molecule has 1 amide bonds. The highest BCUT2D eigenvalue weighted by molar-refractivity contribution is 5.86. The van der Waals surface area contributed by atoms with Crippen LogP contribution in [-0.4, -0.2) is 23.9 Å². The first kappa shape index (κ1) is 12.2. The van der Waals surface area contributed by atoms with E-state index in [1.165, 1.54) is 16.3 Å². The van der Waals surface area contributed by atoms with Gasteiger partial charge in [0.05, 0.1) is 0 Å². The molecule has 0 radical (unpaired) electrons. The highest BCUT2D eigenvalue weighted by Crippen LogP contribution is 2.23. The predicted molar refractivity (Wildman–Crippen MR) is 76.5 cm³/mol. The van der Waals surface area contributed by atoms with Gasteiger partial charge in [-0.15, -0.1) is 0 Å². The van der Waals surface area contributed by atoms with E-state index in [0.717, 1.165) is 6.54 Å². The normalized spacial score (nSPS) is 19.3. The van der Waals surface area contributed by atoms with E-state index >= 15 is 0 Å². The monoisotopic (exact) mass is 254 g/mol. The molecule has 98 valence electrons. The summed E-state index contributed by atoms with van der Waals surface area (Å²) in [6, 6.07) is 14.6. The van der Waals surface area contributed by atoms with Crippen LogP contribution in [-0.2, 0) is 11.3 Å². The first-order valence-electron chi connectivity index (χ1n) is 6.72. The molecule has 0 spiro atoms. The second-order valence-corrected chi connectivity index (χ2v) is 5.22. The van der Waals surface area contributed by atoms with Gasteiger partial charge >= 0.3 is 0 Å². The van der Waals surface area contributed by atoms with E-state index in [1.807, 2.05) is 17.0 Å². The fourth-order valence-electron chi connectivity index (χ4n) is 2.80. The van der Waals surface area contributed by atoms with Gasteiger partial charge in [-0.1, -0.05) is 42.5 Å². The third-order valence-corrected chi connectivity index (χ3v) is 3.87. The Morgan fingerprint density at radius 1 is 1.16 bits per heavy atom. The number of benzene rings is 2. The van der Waals surface area contributed by atoms with E-state index in [4.69, 9.17) is 5.73 Å². The van der Waals surface area contributed by atoms with Crippen molar-refractivity contribution < 1.29 is 4.79 Å². The van der Waals surface area contributed by atoms with Crippen LogP contribution in [0, 0.1) is 5.92 Å². The Hall–Kier alpha value is -1.87. The van der Waals surface area contributed by atoms with Crippen LogP contribution in [0.15, 0.2) is 42.5 Å². The molecular formula is C16H18N2O. The number of carbonyl (C=O) groups is 1. The molecule has 3 heteroatoms. The summed E-state index contributed by atoms with van der Waals surface area (Å²) >= 11 is 0. The number of fused-ring (bicyclic) bond motifs is 1. The molecule has 2 N–H and O–H groups in total. The van der Waals surface area contributed by atoms with E-state index in [0.29, 0.717) is 25.4 Å². The lowest BCUT2D eigenvalue weighted by molar-refractivity contribution is -0.128. The van der Waals surface area contributed by atoms with Crippen molar-refractivity contribution in [3.05, 3.63) is 48.0 Å². The molecule has 1 unspecified atom stereocenters. The molecular weight excluding hydrogens is 236 g/mol. The minimum atomic E-state index is 0.225. The second-order valence-electron chi connectivity index (χ2n) is 5.22. The topological polar surface area (TPSA) is 46.3 Å². The molecule has 1 saturated heterocycles. The van der Waals surface area contributed by atoms with E-state index in [1.54, 1.807) is 0 Å². The number of carbonyl (C=O) groups excluding carboxylic acids is 1. The minimum Gasteiger partial charge on any atom is -0.338 e. The predicted octanol–water partition coefficient (Wildman–Crippen LogP) is 2.15. The van der Waals surface area contributed by atoms with Crippen LogP contribution in [0.5, 0.6) is 0 Å². The maximum Gasteiger partial charge on any atom is 0.223 e. The third kappa shape index (κ3) is 2.34. The summed E-state index contributed by atoms with van der Waals surface area (Å²) < 4.78 is 0. The van der Waals surface area contributed by atoms with E-state index in [9.17, 15) is 4.79 Å². The first-order chi connectivity index (χ1) is 9.28. The van der Waals surface area contributed by atoms with Crippen molar-refractivity contribution in [3.8, 4) is 0 Å². The maximum atomic E-state index is 12.0. The van der Waals surface area contributed by atoms with Crippen LogP contribution in [0.25, 0.3) is 10.8 Å². The first-order valence-corrected chi connectivity index (χ1v) is 6.72. The summed E-state index contributed by atoms with van der Waals surface area (Å²) in [6.07, 6.45) is 0.598. The van der Waals surface area contributed by atoms with Crippen LogP contribution in [0.2, 0.25) is 0 Å². The van der Waals surface area contributed by atoms with Crippen LogP contribution >= 0.6 is 0 Å².